The number of ether oxygens (including phenoxy) is 3. The molecule has 3 aromatic rings. The number of anilines is 1. The van der Waals surface area contributed by atoms with Gasteiger partial charge in [0.05, 0.1) is 38.5 Å². The SMILES string of the molecule is COc1ccc([C@H]2CC(=O)C3=C(C2)Nc2onc(C)c2[C@H]3c2cc(OC)ccc2OC)cc1. The zero-order valence-electron chi connectivity index (χ0n) is 19.1. The van der Waals surface area contributed by atoms with Crippen molar-refractivity contribution in [2.45, 2.75) is 31.6 Å². The third-order valence-corrected chi connectivity index (χ3v) is 6.59. The lowest BCUT2D eigenvalue weighted by atomic mass is 9.72. The zero-order chi connectivity index (χ0) is 23.1. The zero-order valence-corrected chi connectivity index (χ0v) is 19.1. The minimum absolute atomic E-state index is 0.0630. The number of ketones is 1. The van der Waals surface area contributed by atoms with Gasteiger partial charge < -0.3 is 24.1 Å². The normalized spacial score (nSPS) is 19.5. The van der Waals surface area contributed by atoms with Crippen LogP contribution in [0.1, 0.15) is 47.1 Å². The number of Topliss-reactive ketones (excluding diaryl/α,β-unsaturated/α-hetero) is 1. The minimum Gasteiger partial charge on any atom is -0.497 e. The number of carbonyl (C=O) groups excluding carboxylic acids is 1. The molecule has 1 N–H and O–H groups in total. The van der Waals surface area contributed by atoms with Crippen LogP contribution in [0, 0.1) is 6.92 Å². The highest BCUT2D eigenvalue weighted by molar-refractivity contribution is 6.01. The second-order valence-corrected chi connectivity index (χ2v) is 8.37. The standard InChI is InChI=1S/C26H26N2O5/c1-14-23-24(19-13-18(31-3)9-10-22(19)32-4)25-20(27-26(23)33-28-14)11-16(12-21(25)29)15-5-7-17(30-2)8-6-15/h5-10,13,16,24,27H,11-12H2,1-4H3/t16-,24-/m1/s1. The molecular weight excluding hydrogens is 420 g/mol. The number of hydrogen-bond acceptors (Lipinski definition) is 7. The summed E-state index contributed by atoms with van der Waals surface area (Å²) in [5, 5.41) is 7.56. The van der Waals surface area contributed by atoms with E-state index in [0.29, 0.717) is 30.2 Å². The number of carbonyl (C=O) groups is 1. The Bertz CT molecular complexity index is 1240. The summed E-state index contributed by atoms with van der Waals surface area (Å²) >= 11 is 0. The van der Waals surface area contributed by atoms with Crippen molar-refractivity contribution in [1.29, 1.82) is 0 Å². The second kappa shape index (κ2) is 8.31. The summed E-state index contributed by atoms with van der Waals surface area (Å²) in [7, 11) is 4.90. The van der Waals surface area contributed by atoms with E-state index in [9.17, 15) is 4.79 Å². The number of aromatic nitrogens is 1. The maximum Gasteiger partial charge on any atom is 0.233 e. The Kier molecular flexibility index (Phi) is 5.32. The van der Waals surface area contributed by atoms with Crippen molar-refractivity contribution >= 4 is 11.7 Å². The Morgan fingerprint density at radius 2 is 1.70 bits per heavy atom. The quantitative estimate of drug-likeness (QED) is 0.593. The van der Waals surface area contributed by atoms with Gasteiger partial charge in [-0.25, -0.2) is 0 Å². The van der Waals surface area contributed by atoms with Crippen molar-refractivity contribution in [2.24, 2.45) is 0 Å². The van der Waals surface area contributed by atoms with Crippen LogP contribution in [0.5, 0.6) is 17.2 Å². The first kappa shape index (κ1) is 21.1. The first-order chi connectivity index (χ1) is 16.0. The van der Waals surface area contributed by atoms with E-state index in [1.807, 2.05) is 49.4 Å². The number of aryl methyl sites for hydroxylation is 1. The molecule has 0 fully saturated rings. The van der Waals surface area contributed by atoms with E-state index in [0.717, 1.165) is 39.4 Å². The number of rotatable bonds is 5. The van der Waals surface area contributed by atoms with Gasteiger partial charge in [-0.2, -0.15) is 0 Å². The average Bonchev–Trinajstić information content (AvgIpc) is 3.22. The van der Waals surface area contributed by atoms with Crippen LogP contribution in [0.3, 0.4) is 0 Å². The maximum absolute atomic E-state index is 13.7. The monoisotopic (exact) mass is 446 g/mol. The molecular formula is C26H26N2O5. The number of allylic oxidation sites excluding steroid dienone is 2. The predicted octanol–water partition coefficient (Wildman–Crippen LogP) is 4.97. The molecule has 1 aromatic heterocycles. The number of nitrogens with zero attached hydrogens (tertiary/aromatic N) is 1. The predicted molar refractivity (Wildman–Crippen MR) is 123 cm³/mol. The molecule has 7 heteroatoms. The summed E-state index contributed by atoms with van der Waals surface area (Å²) in [6.45, 7) is 1.89. The van der Waals surface area contributed by atoms with Gasteiger partial charge in [-0.05, 0) is 55.2 Å². The van der Waals surface area contributed by atoms with E-state index in [2.05, 4.69) is 10.5 Å². The molecule has 1 aliphatic heterocycles. The van der Waals surface area contributed by atoms with Crippen molar-refractivity contribution in [1.82, 2.24) is 5.16 Å². The van der Waals surface area contributed by atoms with Gasteiger partial charge >= 0.3 is 0 Å². The molecule has 2 aromatic carbocycles. The lowest BCUT2D eigenvalue weighted by Gasteiger charge is -2.35. The Morgan fingerprint density at radius 3 is 2.39 bits per heavy atom. The van der Waals surface area contributed by atoms with Crippen LogP contribution in [0.2, 0.25) is 0 Å². The molecule has 0 bridgehead atoms. The summed E-state index contributed by atoms with van der Waals surface area (Å²) in [6.07, 6.45) is 1.12. The van der Waals surface area contributed by atoms with Crippen LogP contribution in [0.25, 0.3) is 0 Å². The van der Waals surface area contributed by atoms with E-state index in [4.69, 9.17) is 18.7 Å². The molecule has 0 radical (unpaired) electrons. The Balaban J connectivity index is 1.63. The van der Waals surface area contributed by atoms with Crippen LogP contribution in [0.4, 0.5) is 5.88 Å². The number of methoxy groups -OCH3 is 3. The van der Waals surface area contributed by atoms with Crippen LogP contribution >= 0.6 is 0 Å². The van der Waals surface area contributed by atoms with Crippen LogP contribution in [-0.2, 0) is 4.79 Å². The van der Waals surface area contributed by atoms with Crippen LogP contribution in [-0.4, -0.2) is 32.3 Å². The summed E-state index contributed by atoms with van der Waals surface area (Å²) < 4.78 is 22.1. The molecule has 2 aliphatic rings. The van der Waals surface area contributed by atoms with Crippen molar-refractivity contribution in [3.05, 3.63) is 76.1 Å². The molecule has 5 rings (SSSR count). The molecule has 0 saturated carbocycles. The molecule has 0 saturated heterocycles. The largest absolute Gasteiger partial charge is 0.497 e. The number of benzene rings is 2. The molecule has 0 amide bonds. The van der Waals surface area contributed by atoms with Gasteiger partial charge in [0.2, 0.25) is 5.88 Å². The molecule has 170 valence electrons. The summed E-state index contributed by atoms with van der Waals surface area (Å²) in [5.74, 6) is 2.57. The highest BCUT2D eigenvalue weighted by Gasteiger charge is 2.42. The topological polar surface area (TPSA) is 82.8 Å². The Labute approximate surface area is 192 Å². The van der Waals surface area contributed by atoms with Crippen molar-refractivity contribution in [3.63, 3.8) is 0 Å². The molecule has 0 unspecified atom stereocenters. The average molecular weight is 447 g/mol. The fourth-order valence-electron chi connectivity index (χ4n) is 4.96. The highest BCUT2D eigenvalue weighted by Crippen LogP contribution is 2.51. The highest BCUT2D eigenvalue weighted by atomic mass is 16.5. The number of hydrogen-bond donors (Lipinski definition) is 1. The van der Waals surface area contributed by atoms with Gasteiger partial charge in [-0.1, -0.05) is 17.3 Å². The number of nitrogens with one attached hydrogen (secondary N) is 1. The van der Waals surface area contributed by atoms with Gasteiger partial charge in [0.25, 0.3) is 0 Å². The van der Waals surface area contributed by atoms with E-state index in [1.165, 1.54) is 0 Å². The fourth-order valence-corrected chi connectivity index (χ4v) is 4.96. The minimum atomic E-state index is -0.350. The van der Waals surface area contributed by atoms with E-state index in [1.54, 1.807) is 21.3 Å². The Morgan fingerprint density at radius 1 is 0.970 bits per heavy atom. The fraction of sp³-hybridized carbons (Fsp3) is 0.308. The lowest BCUT2D eigenvalue weighted by Crippen LogP contribution is -2.29. The van der Waals surface area contributed by atoms with Gasteiger partial charge in [0.15, 0.2) is 5.78 Å². The second-order valence-electron chi connectivity index (χ2n) is 8.37. The third-order valence-electron chi connectivity index (χ3n) is 6.59. The van der Waals surface area contributed by atoms with E-state index >= 15 is 0 Å². The van der Waals surface area contributed by atoms with Crippen molar-refractivity contribution in [3.8, 4) is 17.2 Å². The van der Waals surface area contributed by atoms with Gasteiger partial charge in [-0.15, -0.1) is 0 Å². The van der Waals surface area contributed by atoms with Crippen LogP contribution in [0.15, 0.2) is 58.3 Å². The molecule has 0 spiro atoms. The Hall–Kier alpha value is -3.74. The first-order valence-corrected chi connectivity index (χ1v) is 10.9. The third kappa shape index (κ3) is 3.53. The maximum atomic E-state index is 13.7. The molecule has 7 nitrogen and oxygen atoms in total. The van der Waals surface area contributed by atoms with Gasteiger partial charge in [0.1, 0.15) is 17.2 Å². The summed E-state index contributed by atoms with van der Waals surface area (Å²) in [6, 6.07) is 13.6. The van der Waals surface area contributed by atoms with E-state index in [-0.39, 0.29) is 17.6 Å². The first-order valence-electron chi connectivity index (χ1n) is 10.9. The molecule has 1 aliphatic carbocycles. The van der Waals surface area contributed by atoms with Crippen molar-refractivity contribution < 1.29 is 23.5 Å². The lowest BCUT2D eigenvalue weighted by molar-refractivity contribution is -0.116. The number of fused-ring (bicyclic) bond motifs is 1. The smallest absolute Gasteiger partial charge is 0.233 e. The summed E-state index contributed by atoms with van der Waals surface area (Å²) in [5.41, 5.74) is 5.17. The molecule has 33 heavy (non-hydrogen) atoms. The van der Waals surface area contributed by atoms with Crippen LogP contribution < -0.4 is 19.5 Å². The van der Waals surface area contributed by atoms with Crippen molar-refractivity contribution in [2.75, 3.05) is 26.6 Å². The molecule has 2 atom stereocenters. The summed E-state index contributed by atoms with van der Waals surface area (Å²) in [4.78, 5) is 13.7. The van der Waals surface area contributed by atoms with Gasteiger partial charge in [-0.3, -0.25) is 4.79 Å². The van der Waals surface area contributed by atoms with E-state index < -0.39 is 0 Å². The van der Waals surface area contributed by atoms with Gasteiger partial charge in [0, 0.05) is 23.3 Å². The molecule has 2 heterocycles.